The van der Waals surface area contributed by atoms with Crippen LogP contribution in [0.3, 0.4) is 0 Å². The number of benzene rings is 1. The van der Waals surface area contributed by atoms with Crippen molar-refractivity contribution >= 4 is 16.0 Å². The lowest BCUT2D eigenvalue weighted by Gasteiger charge is -2.25. The van der Waals surface area contributed by atoms with E-state index in [4.69, 9.17) is 0 Å². The van der Waals surface area contributed by atoms with Crippen LogP contribution in [-0.4, -0.2) is 40.3 Å². The number of sulfonamides is 1. The topological polar surface area (TPSA) is 82.6 Å². The molecule has 1 fully saturated rings. The molecule has 6 nitrogen and oxygen atoms in total. The zero-order valence-corrected chi connectivity index (χ0v) is 16.9. The normalized spacial score (nSPS) is 16.8. The van der Waals surface area contributed by atoms with Crippen LogP contribution in [0.5, 0.6) is 0 Å². The molecule has 0 bridgehead atoms. The van der Waals surface area contributed by atoms with Gasteiger partial charge in [0.2, 0.25) is 10.0 Å². The van der Waals surface area contributed by atoms with Crippen LogP contribution in [0.25, 0.3) is 0 Å². The van der Waals surface area contributed by atoms with E-state index in [2.05, 4.69) is 58.5 Å². The molecule has 0 saturated heterocycles. The fourth-order valence-corrected chi connectivity index (χ4v) is 3.85. The van der Waals surface area contributed by atoms with Gasteiger partial charge >= 0.3 is 0 Å². The Bertz CT molecular complexity index is 682. The lowest BCUT2D eigenvalue weighted by molar-refractivity contribution is 0.316. The van der Waals surface area contributed by atoms with Crippen LogP contribution >= 0.6 is 0 Å². The first-order valence-corrected chi connectivity index (χ1v) is 11.1. The molecule has 1 aliphatic rings. The standard InChI is InChI=1S/C19H32N4O2S/c1-4-16-8-10-18(11-9-16)15(2)23-19(20-3)21-12-13-26(24,25)22-14-17-6-5-7-17/h8-11,15,17,22H,4-7,12-14H2,1-3H3,(H2,20,21,23). The summed E-state index contributed by atoms with van der Waals surface area (Å²) in [6.07, 6.45) is 4.51. The third kappa shape index (κ3) is 6.61. The number of rotatable bonds is 9. The van der Waals surface area contributed by atoms with Crippen molar-refractivity contribution < 1.29 is 8.42 Å². The second kappa shape index (κ2) is 9.92. The second-order valence-electron chi connectivity index (χ2n) is 6.92. The molecule has 1 aromatic carbocycles. The van der Waals surface area contributed by atoms with Gasteiger partial charge in [-0.3, -0.25) is 4.99 Å². The predicted molar refractivity (Wildman–Crippen MR) is 108 cm³/mol. The van der Waals surface area contributed by atoms with Gasteiger partial charge in [0, 0.05) is 20.1 Å². The van der Waals surface area contributed by atoms with E-state index in [0.29, 0.717) is 25.0 Å². The van der Waals surface area contributed by atoms with E-state index >= 15 is 0 Å². The molecule has 1 atom stereocenters. The Hall–Kier alpha value is -1.60. The number of nitrogens with zero attached hydrogens (tertiary/aromatic N) is 1. The number of aryl methyl sites for hydroxylation is 1. The van der Waals surface area contributed by atoms with Gasteiger partial charge in [0.05, 0.1) is 11.8 Å². The molecule has 2 rings (SSSR count). The van der Waals surface area contributed by atoms with E-state index in [1.807, 2.05) is 0 Å². The Kier molecular flexibility index (Phi) is 7.90. The molecule has 26 heavy (non-hydrogen) atoms. The molecule has 0 aromatic heterocycles. The summed E-state index contributed by atoms with van der Waals surface area (Å²) < 4.78 is 26.8. The zero-order chi connectivity index (χ0) is 19.0. The van der Waals surface area contributed by atoms with Crippen molar-refractivity contribution in [3.05, 3.63) is 35.4 Å². The number of guanidine groups is 1. The minimum absolute atomic E-state index is 0.0417. The Morgan fingerprint density at radius 3 is 2.50 bits per heavy atom. The van der Waals surface area contributed by atoms with E-state index in [0.717, 1.165) is 19.3 Å². The van der Waals surface area contributed by atoms with Crippen LogP contribution < -0.4 is 15.4 Å². The highest BCUT2D eigenvalue weighted by atomic mass is 32.2. The highest BCUT2D eigenvalue weighted by Crippen LogP contribution is 2.25. The number of aliphatic imine (C=N–C) groups is 1. The first kappa shape index (κ1) is 20.7. The minimum atomic E-state index is -3.24. The van der Waals surface area contributed by atoms with Gasteiger partial charge in [-0.1, -0.05) is 37.6 Å². The average Bonchev–Trinajstić information content (AvgIpc) is 2.59. The molecule has 0 heterocycles. The van der Waals surface area contributed by atoms with Crippen molar-refractivity contribution in [1.82, 2.24) is 15.4 Å². The number of hydrogen-bond donors (Lipinski definition) is 3. The lowest BCUT2D eigenvalue weighted by atomic mass is 9.86. The Labute approximate surface area is 157 Å². The molecule has 1 aliphatic carbocycles. The third-order valence-electron chi connectivity index (χ3n) is 4.94. The van der Waals surface area contributed by atoms with Crippen LogP contribution in [0.2, 0.25) is 0 Å². The summed E-state index contributed by atoms with van der Waals surface area (Å²) in [5.41, 5.74) is 2.48. The van der Waals surface area contributed by atoms with Gasteiger partial charge in [0.1, 0.15) is 0 Å². The second-order valence-corrected chi connectivity index (χ2v) is 8.85. The van der Waals surface area contributed by atoms with E-state index in [1.165, 1.54) is 17.5 Å². The van der Waals surface area contributed by atoms with Gasteiger partial charge in [0.15, 0.2) is 5.96 Å². The van der Waals surface area contributed by atoms with Crippen LogP contribution in [0, 0.1) is 5.92 Å². The van der Waals surface area contributed by atoms with Gasteiger partial charge in [-0.25, -0.2) is 13.1 Å². The summed E-state index contributed by atoms with van der Waals surface area (Å²) in [7, 11) is -1.55. The van der Waals surface area contributed by atoms with Gasteiger partial charge in [-0.05, 0) is 43.2 Å². The molecule has 3 N–H and O–H groups in total. The summed E-state index contributed by atoms with van der Waals surface area (Å²) in [5, 5.41) is 6.38. The Balaban J connectivity index is 1.75. The van der Waals surface area contributed by atoms with Gasteiger partial charge in [-0.15, -0.1) is 0 Å². The van der Waals surface area contributed by atoms with E-state index in [-0.39, 0.29) is 11.8 Å². The maximum Gasteiger partial charge on any atom is 0.213 e. The van der Waals surface area contributed by atoms with Crippen LogP contribution in [0.1, 0.15) is 50.3 Å². The Morgan fingerprint density at radius 1 is 1.27 bits per heavy atom. The minimum Gasteiger partial charge on any atom is -0.355 e. The van der Waals surface area contributed by atoms with Crippen molar-refractivity contribution in [2.75, 3.05) is 25.9 Å². The number of nitrogens with one attached hydrogen (secondary N) is 3. The lowest BCUT2D eigenvalue weighted by Crippen LogP contribution is -2.42. The molecule has 1 aromatic rings. The van der Waals surface area contributed by atoms with Crippen LogP contribution in [0.15, 0.2) is 29.3 Å². The third-order valence-corrected chi connectivity index (χ3v) is 6.29. The van der Waals surface area contributed by atoms with Crippen molar-refractivity contribution in [2.24, 2.45) is 10.9 Å². The van der Waals surface area contributed by atoms with E-state index in [9.17, 15) is 8.42 Å². The maximum atomic E-state index is 12.0. The predicted octanol–water partition coefficient (Wildman–Crippen LogP) is 2.19. The summed E-state index contributed by atoms with van der Waals surface area (Å²) in [6, 6.07) is 8.56. The molecule has 0 amide bonds. The average molecular weight is 381 g/mol. The van der Waals surface area contributed by atoms with Crippen molar-refractivity contribution in [3.63, 3.8) is 0 Å². The largest absolute Gasteiger partial charge is 0.355 e. The zero-order valence-electron chi connectivity index (χ0n) is 16.1. The van der Waals surface area contributed by atoms with Gasteiger partial charge < -0.3 is 10.6 Å². The number of hydrogen-bond acceptors (Lipinski definition) is 3. The molecular formula is C19H32N4O2S. The van der Waals surface area contributed by atoms with Crippen LogP contribution in [0.4, 0.5) is 0 Å². The van der Waals surface area contributed by atoms with E-state index in [1.54, 1.807) is 7.05 Å². The molecule has 0 radical (unpaired) electrons. The molecule has 1 unspecified atom stereocenters. The fraction of sp³-hybridized carbons (Fsp3) is 0.632. The molecule has 0 aliphatic heterocycles. The fourth-order valence-electron chi connectivity index (χ4n) is 2.84. The summed E-state index contributed by atoms with van der Waals surface area (Å²) in [5.74, 6) is 1.17. The van der Waals surface area contributed by atoms with Gasteiger partial charge in [-0.2, -0.15) is 0 Å². The summed E-state index contributed by atoms with van der Waals surface area (Å²) >= 11 is 0. The summed E-state index contributed by atoms with van der Waals surface area (Å²) in [4.78, 5) is 4.18. The quantitative estimate of drug-likeness (QED) is 0.453. The van der Waals surface area contributed by atoms with Crippen molar-refractivity contribution in [2.45, 2.75) is 45.6 Å². The van der Waals surface area contributed by atoms with Gasteiger partial charge in [0.25, 0.3) is 0 Å². The smallest absolute Gasteiger partial charge is 0.213 e. The highest BCUT2D eigenvalue weighted by Gasteiger charge is 2.20. The molecule has 1 saturated carbocycles. The first-order valence-electron chi connectivity index (χ1n) is 9.47. The molecule has 146 valence electrons. The maximum absolute atomic E-state index is 12.0. The van der Waals surface area contributed by atoms with Crippen molar-refractivity contribution in [1.29, 1.82) is 0 Å². The SMILES string of the molecule is CCc1ccc(C(C)NC(=NC)NCCS(=O)(=O)NCC2CCC2)cc1. The van der Waals surface area contributed by atoms with Crippen molar-refractivity contribution in [3.8, 4) is 0 Å². The van der Waals surface area contributed by atoms with E-state index < -0.39 is 10.0 Å². The molecule has 7 heteroatoms. The summed E-state index contributed by atoms with van der Waals surface area (Å²) in [6.45, 7) is 5.09. The highest BCUT2D eigenvalue weighted by molar-refractivity contribution is 7.89. The molecule has 0 spiro atoms. The first-order chi connectivity index (χ1) is 12.4. The monoisotopic (exact) mass is 380 g/mol. The Morgan fingerprint density at radius 2 is 1.96 bits per heavy atom. The molecular weight excluding hydrogens is 348 g/mol. The van der Waals surface area contributed by atoms with Crippen LogP contribution in [-0.2, 0) is 16.4 Å².